The van der Waals surface area contributed by atoms with Gasteiger partial charge in [-0.1, -0.05) is 59.2 Å². The molecule has 0 bridgehead atoms. The van der Waals surface area contributed by atoms with Gasteiger partial charge >= 0.3 is 0 Å². The van der Waals surface area contributed by atoms with Gasteiger partial charge in [-0.3, -0.25) is 4.79 Å². The Balaban J connectivity index is 1.76. The van der Waals surface area contributed by atoms with Gasteiger partial charge in [-0.2, -0.15) is 0 Å². The quantitative estimate of drug-likeness (QED) is 0.327. The molecule has 3 aromatic rings. The van der Waals surface area contributed by atoms with Crippen LogP contribution in [0.2, 0.25) is 10.3 Å². The molecule has 0 saturated heterocycles. The molecule has 0 saturated carbocycles. The molecule has 35 heavy (non-hydrogen) atoms. The minimum absolute atomic E-state index is 0.0164. The molecule has 1 atom stereocenters. The average molecular weight is 527 g/mol. The zero-order chi connectivity index (χ0) is 24.9. The summed E-state index contributed by atoms with van der Waals surface area (Å²) < 4.78 is 5.35. The minimum Gasteiger partial charge on any atom is -0.497 e. The first-order valence-electron chi connectivity index (χ1n) is 10.9. The Bertz CT molecular complexity index is 1260. The molecule has 2 aromatic heterocycles. The third kappa shape index (κ3) is 6.04. The summed E-state index contributed by atoms with van der Waals surface area (Å²) in [6.45, 7) is 3.97. The summed E-state index contributed by atoms with van der Waals surface area (Å²) in [5, 5.41) is 1.69. The molecular weight excluding hydrogens is 503 g/mol. The maximum absolute atomic E-state index is 12.8. The van der Waals surface area contributed by atoms with Crippen LogP contribution in [-0.2, 0) is 17.1 Å². The van der Waals surface area contributed by atoms with Crippen molar-refractivity contribution >= 4 is 45.9 Å². The van der Waals surface area contributed by atoms with E-state index in [1.165, 1.54) is 0 Å². The molecule has 180 valence electrons. The molecule has 9 heteroatoms. The third-order valence-electron chi connectivity index (χ3n) is 5.59. The number of nitrogens with zero attached hydrogens (tertiary/aromatic N) is 4. The molecule has 0 radical (unpaired) electrons. The first-order chi connectivity index (χ1) is 16.9. The molecule has 1 aliphatic rings. The average Bonchev–Trinajstić information content (AvgIpc) is 2.85. The van der Waals surface area contributed by atoms with E-state index in [-0.39, 0.29) is 11.8 Å². The SMILES string of the molecule is COc1ccc(C2C(C(C)=O)=C(C)N=C(SCc3ccc(Cl)nc3)N2Cc2ccc(Cl)nc2)cc1. The van der Waals surface area contributed by atoms with Crippen LogP contribution in [0.15, 0.2) is 77.2 Å². The van der Waals surface area contributed by atoms with Crippen LogP contribution >= 0.6 is 35.0 Å². The van der Waals surface area contributed by atoms with Crippen LogP contribution in [0, 0.1) is 0 Å². The molecular formula is C26H24Cl2N4O2S. The summed E-state index contributed by atoms with van der Waals surface area (Å²) in [6, 6.07) is 14.9. The summed E-state index contributed by atoms with van der Waals surface area (Å²) in [5.41, 5.74) is 4.32. The van der Waals surface area contributed by atoms with Crippen LogP contribution < -0.4 is 4.74 Å². The topological polar surface area (TPSA) is 67.7 Å². The van der Waals surface area contributed by atoms with Crippen LogP contribution in [-0.4, -0.2) is 32.9 Å². The predicted molar refractivity (Wildman–Crippen MR) is 142 cm³/mol. The highest BCUT2D eigenvalue weighted by Crippen LogP contribution is 2.39. The molecule has 0 aliphatic carbocycles. The van der Waals surface area contributed by atoms with Gasteiger partial charge in [-0.05, 0) is 54.8 Å². The number of hydrogen-bond donors (Lipinski definition) is 0. The highest BCUT2D eigenvalue weighted by atomic mass is 35.5. The number of aromatic nitrogens is 2. The Morgan fingerprint density at radius 3 is 2.17 bits per heavy atom. The number of carbonyl (C=O) groups is 1. The normalized spacial score (nSPS) is 15.7. The van der Waals surface area contributed by atoms with Crippen molar-refractivity contribution in [2.45, 2.75) is 32.2 Å². The largest absolute Gasteiger partial charge is 0.497 e. The monoisotopic (exact) mass is 526 g/mol. The first kappa shape index (κ1) is 25.2. The van der Waals surface area contributed by atoms with E-state index in [1.807, 2.05) is 43.3 Å². The number of pyridine rings is 2. The minimum atomic E-state index is -0.322. The smallest absolute Gasteiger partial charge is 0.165 e. The molecule has 0 N–H and O–H groups in total. The van der Waals surface area contributed by atoms with Crippen molar-refractivity contribution in [2.24, 2.45) is 4.99 Å². The van der Waals surface area contributed by atoms with E-state index in [2.05, 4.69) is 14.9 Å². The van der Waals surface area contributed by atoms with Gasteiger partial charge in [-0.25, -0.2) is 15.0 Å². The lowest BCUT2D eigenvalue weighted by molar-refractivity contribution is -0.114. The van der Waals surface area contributed by atoms with E-state index in [9.17, 15) is 4.79 Å². The Morgan fingerprint density at radius 1 is 1.00 bits per heavy atom. The first-order valence-corrected chi connectivity index (χ1v) is 12.6. The summed E-state index contributed by atoms with van der Waals surface area (Å²) in [6.07, 6.45) is 3.51. The van der Waals surface area contributed by atoms with E-state index >= 15 is 0 Å². The fraction of sp³-hybridized carbons (Fsp3) is 0.231. The molecule has 0 spiro atoms. The molecule has 3 heterocycles. The lowest BCUT2D eigenvalue weighted by Crippen LogP contribution is -2.38. The molecule has 6 nitrogen and oxygen atoms in total. The molecule has 1 aliphatic heterocycles. The maximum atomic E-state index is 12.8. The van der Waals surface area contributed by atoms with Crippen molar-refractivity contribution in [3.63, 3.8) is 0 Å². The number of hydrogen-bond acceptors (Lipinski definition) is 7. The van der Waals surface area contributed by atoms with Crippen molar-refractivity contribution in [3.8, 4) is 5.75 Å². The third-order valence-corrected chi connectivity index (χ3v) is 7.10. The van der Waals surface area contributed by atoms with E-state index in [0.717, 1.165) is 27.6 Å². The Morgan fingerprint density at radius 2 is 1.63 bits per heavy atom. The fourth-order valence-electron chi connectivity index (χ4n) is 3.92. The van der Waals surface area contributed by atoms with Crippen molar-refractivity contribution in [2.75, 3.05) is 7.11 Å². The van der Waals surface area contributed by atoms with Crippen LogP contribution in [0.1, 0.15) is 36.6 Å². The number of benzene rings is 1. The van der Waals surface area contributed by atoms with Crippen LogP contribution in [0.5, 0.6) is 5.75 Å². The van der Waals surface area contributed by atoms with Crippen molar-refractivity contribution in [1.82, 2.24) is 14.9 Å². The maximum Gasteiger partial charge on any atom is 0.165 e. The van der Waals surface area contributed by atoms with Crippen LogP contribution in [0.25, 0.3) is 0 Å². The zero-order valence-electron chi connectivity index (χ0n) is 19.5. The second-order valence-electron chi connectivity index (χ2n) is 8.02. The van der Waals surface area contributed by atoms with Gasteiger partial charge in [0.25, 0.3) is 0 Å². The lowest BCUT2D eigenvalue weighted by atomic mass is 9.92. The van der Waals surface area contributed by atoms with Crippen molar-refractivity contribution < 1.29 is 9.53 Å². The van der Waals surface area contributed by atoms with Gasteiger partial charge in [0.2, 0.25) is 0 Å². The molecule has 1 aromatic carbocycles. The van der Waals surface area contributed by atoms with E-state index in [4.69, 9.17) is 32.9 Å². The molecule has 4 rings (SSSR count). The van der Waals surface area contributed by atoms with Gasteiger partial charge in [0.1, 0.15) is 16.1 Å². The van der Waals surface area contributed by atoms with Gasteiger partial charge in [0, 0.05) is 36.0 Å². The highest BCUT2D eigenvalue weighted by Gasteiger charge is 2.34. The molecule has 0 amide bonds. The number of rotatable bonds is 7. The lowest BCUT2D eigenvalue weighted by Gasteiger charge is -2.38. The Labute approximate surface area is 219 Å². The standard InChI is InChI=1S/C26H24Cl2N4O2S/c1-16-24(17(2)33)25(20-6-8-21(34-3)9-7-20)32(14-18-4-10-22(27)29-12-18)26(31-16)35-15-19-5-11-23(28)30-13-19/h4-13,25H,14-15H2,1-3H3. The fourth-order valence-corrected chi connectivity index (χ4v) is 5.15. The number of amidine groups is 1. The van der Waals surface area contributed by atoms with Gasteiger partial charge in [0.15, 0.2) is 11.0 Å². The number of methoxy groups -OCH3 is 1. The van der Waals surface area contributed by atoms with E-state index in [1.54, 1.807) is 50.3 Å². The second kappa shape index (κ2) is 11.2. The number of thioether (sulfide) groups is 1. The van der Waals surface area contributed by atoms with Crippen molar-refractivity contribution in [3.05, 3.63) is 99.2 Å². The summed E-state index contributed by atoms with van der Waals surface area (Å²) in [4.78, 5) is 28.3. The second-order valence-corrected chi connectivity index (χ2v) is 9.74. The number of ketones is 1. The number of allylic oxidation sites excluding steroid dienone is 1. The summed E-state index contributed by atoms with van der Waals surface area (Å²) in [7, 11) is 1.63. The predicted octanol–water partition coefficient (Wildman–Crippen LogP) is 6.50. The number of Topliss-reactive ketones (excluding diaryl/α,β-unsaturated/α-hetero) is 1. The highest BCUT2D eigenvalue weighted by molar-refractivity contribution is 8.13. The Kier molecular flexibility index (Phi) is 8.11. The Hall–Kier alpha value is -2.87. The van der Waals surface area contributed by atoms with E-state index in [0.29, 0.717) is 33.9 Å². The number of carbonyl (C=O) groups excluding carboxylic acids is 1. The van der Waals surface area contributed by atoms with Crippen LogP contribution in [0.4, 0.5) is 0 Å². The van der Waals surface area contributed by atoms with Crippen LogP contribution in [0.3, 0.4) is 0 Å². The van der Waals surface area contributed by atoms with Gasteiger partial charge < -0.3 is 9.64 Å². The number of aliphatic imine (C=N–C) groups is 1. The zero-order valence-corrected chi connectivity index (χ0v) is 21.9. The van der Waals surface area contributed by atoms with E-state index < -0.39 is 0 Å². The van der Waals surface area contributed by atoms with Gasteiger partial charge in [-0.15, -0.1) is 0 Å². The summed E-state index contributed by atoms with van der Waals surface area (Å²) >= 11 is 13.5. The number of halogens is 2. The molecule has 1 unspecified atom stereocenters. The number of ether oxygens (including phenoxy) is 1. The molecule has 0 fully saturated rings. The van der Waals surface area contributed by atoms with Gasteiger partial charge in [0.05, 0.1) is 13.2 Å². The summed E-state index contributed by atoms with van der Waals surface area (Å²) in [5.74, 6) is 1.38. The van der Waals surface area contributed by atoms with Crippen molar-refractivity contribution in [1.29, 1.82) is 0 Å².